The van der Waals surface area contributed by atoms with Gasteiger partial charge in [0, 0.05) is 31.2 Å². The van der Waals surface area contributed by atoms with E-state index in [1.165, 1.54) is 23.7 Å². The Morgan fingerprint density at radius 2 is 1.96 bits per heavy atom. The number of fused-ring (bicyclic) bond motifs is 1. The number of hydrogen-bond donors (Lipinski definition) is 2. The third kappa shape index (κ3) is 6.19. The lowest BCUT2D eigenvalue weighted by atomic mass is 9.84. The number of halogens is 2. The summed E-state index contributed by atoms with van der Waals surface area (Å²) in [6.07, 6.45) is 6.17. The van der Waals surface area contributed by atoms with Crippen molar-refractivity contribution in [1.29, 1.82) is 0 Å². The van der Waals surface area contributed by atoms with Gasteiger partial charge in [-0.15, -0.1) is 24.8 Å². The van der Waals surface area contributed by atoms with Crippen LogP contribution in [-0.2, 0) is 11.3 Å². The molecule has 0 bridgehead atoms. The van der Waals surface area contributed by atoms with E-state index in [4.69, 9.17) is 0 Å². The second kappa shape index (κ2) is 11.5. The van der Waals surface area contributed by atoms with Crippen LogP contribution in [0.5, 0.6) is 0 Å². The summed E-state index contributed by atoms with van der Waals surface area (Å²) < 4.78 is 2.26. The van der Waals surface area contributed by atoms with Crippen LogP contribution in [0.2, 0.25) is 0 Å². The van der Waals surface area contributed by atoms with Crippen molar-refractivity contribution >= 4 is 41.6 Å². The molecule has 1 aromatic heterocycles. The number of carbonyl (C=O) groups is 1. The fourth-order valence-corrected chi connectivity index (χ4v) is 3.76. The van der Waals surface area contributed by atoms with Crippen molar-refractivity contribution in [3.05, 3.63) is 36.5 Å². The molecule has 0 saturated carbocycles. The Balaban J connectivity index is 0.00000169. The van der Waals surface area contributed by atoms with E-state index in [2.05, 4.69) is 58.7 Å². The van der Waals surface area contributed by atoms with Crippen molar-refractivity contribution < 1.29 is 4.79 Å². The van der Waals surface area contributed by atoms with Crippen LogP contribution >= 0.6 is 24.8 Å². The minimum absolute atomic E-state index is 0. The maximum Gasteiger partial charge on any atom is 0.220 e. The minimum atomic E-state index is 0. The summed E-state index contributed by atoms with van der Waals surface area (Å²) >= 11 is 0. The van der Waals surface area contributed by atoms with Crippen LogP contribution in [0.4, 0.5) is 0 Å². The van der Waals surface area contributed by atoms with Crippen LogP contribution in [-0.4, -0.2) is 30.1 Å². The Morgan fingerprint density at radius 3 is 2.73 bits per heavy atom. The van der Waals surface area contributed by atoms with E-state index in [1.54, 1.807) is 0 Å². The van der Waals surface area contributed by atoms with Gasteiger partial charge in [-0.3, -0.25) is 4.79 Å². The van der Waals surface area contributed by atoms with E-state index in [1.807, 2.05) is 0 Å². The summed E-state index contributed by atoms with van der Waals surface area (Å²) in [6.45, 7) is 6.12. The molecule has 26 heavy (non-hydrogen) atoms. The number of hydrogen-bond acceptors (Lipinski definition) is 2. The summed E-state index contributed by atoms with van der Waals surface area (Å²) in [5.74, 6) is 1.39. The number of carbonyl (C=O) groups excluding carboxylic acids is 1. The van der Waals surface area contributed by atoms with Gasteiger partial charge in [-0.05, 0) is 61.7 Å². The molecule has 146 valence electrons. The van der Waals surface area contributed by atoms with Crippen molar-refractivity contribution in [3.63, 3.8) is 0 Å². The zero-order valence-corrected chi connectivity index (χ0v) is 17.1. The molecule has 0 radical (unpaired) electrons. The Bertz CT molecular complexity index is 668. The molecule has 1 aliphatic heterocycles. The van der Waals surface area contributed by atoms with Crippen molar-refractivity contribution in [1.82, 2.24) is 15.2 Å². The number of amides is 1. The van der Waals surface area contributed by atoms with E-state index in [9.17, 15) is 4.79 Å². The minimum Gasteiger partial charge on any atom is -0.356 e. The summed E-state index contributed by atoms with van der Waals surface area (Å²) in [5, 5.41) is 7.76. The highest BCUT2D eigenvalue weighted by atomic mass is 35.5. The second-order valence-corrected chi connectivity index (χ2v) is 7.04. The van der Waals surface area contributed by atoms with Gasteiger partial charge in [-0.1, -0.05) is 25.1 Å². The number of benzene rings is 1. The van der Waals surface area contributed by atoms with E-state index < -0.39 is 0 Å². The predicted molar refractivity (Wildman–Crippen MR) is 113 cm³/mol. The lowest BCUT2D eigenvalue weighted by Crippen LogP contribution is -2.33. The van der Waals surface area contributed by atoms with Gasteiger partial charge < -0.3 is 15.2 Å². The third-order valence-electron chi connectivity index (χ3n) is 5.27. The highest BCUT2D eigenvalue weighted by molar-refractivity contribution is 5.85. The van der Waals surface area contributed by atoms with Crippen LogP contribution in [0.15, 0.2) is 36.5 Å². The Labute approximate surface area is 168 Å². The van der Waals surface area contributed by atoms with Crippen molar-refractivity contribution in [2.75, 3.05) is 19.6 Å². The highest BCUT2D eigenvalue weighted by Crippen LogP contribution is 2.24. The molecule has 1 aromatic carbocycles. The van der Waals surface area contributed by atoms with Crippen LogP contribution in [0.25, 0.3) is 10.9 Å². The largest absolute Gasteiger partial charge is 0.356 e. The lowest BCUT2D eigenvalue weighted by molar-refractivity contribution is -0.122. The van der Waals surface area contributed by atoms with Gasteiger partial charge in [-0.2, -0.15) is 0 Å². The average Bonchev–Trinajstić information content (AvgIpc) is 3.03. The highest BCUT2D eigenvalue weighted by Gasteiger charge is 2.21. The average molecular weight is 400 g/mol. The van der Waals surface area contributed by atoms with Crippen LogP contribution in [0.1, 0.15) is 32.6 Å². The molecule has 1 aliphatic rings. The molecular weight excluding hydrogens is 369 g/mol. The molecule has 1 amide bonds. The Kier molecular flexibility index (Phi) is 10.1. The topological polar surface area (TPSA) is 46.1 Å². The molecule has 2 heterocycles. The van der Waals surface area contributed by atoms with E-state index in [-0.39, 0.29) is 30.7 Å². The molecule has 1 atom stereocenters. The fraction of sp³-hybridized carbons (Fsp3) is 0.550. The molecule has 1 unspecified atom stereocenters. The fourth-order valence-electron chi connectivity index (χ4n) is 3.76. The maximum absolute atomic E-state index is 12.1. The quantitative estimate of drug-likeness (QED) is 0.690. The van der Waals surface area contributed by atoms with Crippen LogP contribution in [0, 0.1) is 11.8 Å². The summed E-state index contributed by atoms with van der Waals surface area (Å²) in [4.78, 5) is 12.1. The zero-order valence-electron chi connectivity index (χ0n) is 15.4. The molecule has 4 nitrogen and oxygen atoms in total. The van der Waals surface area contributed by atoms with Crippen molar-refractivity contribution in [2.24, 2.45) is 11.8 Å². The van der Waals surface area contributed by atoms with E-state index in [0.29, 0.717) is 18.3 Å². The predicted octanol–water partition coefficient (Wildman–Crippen LogP) is 4.02. The maximum atomic E-state index is 12.1. The van der Waals surface area contributed by atoms with Gasteiger partial charge in [0.25, 0.3) is 0 Å². The number of nitrogens with one attached hydrogen (secondary N) is 2. The first-order valence-electron chi connectivity index (χ1n) is 9.25. The van der Waals surface area contributed by atoms with Gasteiger partial charge in [0.15, 0.2) is 0 Å². The van der Waals surface area contributed by atoms with Crippen LogP contribution < -0.4 is 10.6 Å². The zero-order chi connectivity index (χ0) is 16.8. The molecule has 0 spiro atoms. The number of aromatic nitrogens is 1. The molecule has 1 saturated heterocycles. The van der Waals surface area contributed by atoms with Crippen molar-refractivity contribution in [2.45, 2.75) is 39.2 Å². The van der Waals surface area contributed by atoms with Gasteiger partial charge >= 0.3 is 0 Å². The smallest absolute Gasteiger partial charge is 0.220 e. The standard InChI is InChI=1S/C20H29N3O.2ClH/c1-16(17-7-11-21-12-8-17)15-20(24)22-10-4-13-23-14-9-18-5-2-3-6-19(18)23;;/h2-3,5-6,9,14,16-17,21H,4,7-8,10-13,15H2,1H3,(H,22,24);2*1H. The van der Waals surface area contributed by atoms with Gasteiger partial charge in [0.2, 0.25) is 5.91 Å². The first kappa shape index (κ1) is 22.8. The number of para-hydroxylation sites is 1. The Hall–Kier alpha value is -1.23. The van der Waals surface area contributed by atoms with Gasteiger partial charge in [0.05, 0.1) is 0 Å². The first-order valence-corrected chi connectivity index (χ1v) is 9.25. The number of aryl methyl sites for hydroxylation is 1. The first-order chi connectivity index (χ1) is 11.7. The number of nitrogens with zero attached hydrogens (tertiary/aromatic N) is 1. The Morgan fingerprint density at radius 1 is 1.23 bits per heavy atom. The number of piperidine rings is 1. The molecule has 2 N–H and O–H groups in total. The third-order valence-corrected chi connectivity index (χ3v) is 5.27. The molecule has 1 fully saturated rings. The summed E-state index contributed by atoms with van der Waals surface area (Å²) in [7, 11) is 0. The summed E-state index contributed by atoms with van der Waals surface area (Å²) in [5.41, 5.74) is 1.27. The second-order valence-electron chi connectivity index (χ2n) is 7.04. The van der Waals surface area contributed by atoms with Crippen molar-refractivity contribution in [3.8, 4) is 0 Å². The van der Waals surface area contributed by atoms with Crippen LogP contribution in [0.3, 0.4) is 0 Å². The van der Waals surface area contributed by atoms with Gasteiger partial charge in [0.1, 0.15) is 0 Å². The monoisotopic (exact) mass is 399 g/mol. The van der Waals surface area contributed by atoms with E-state index in [0.717, 1.165) is 32.6 Å². The number of rotatable bonds is 7. The van der Waals surface area contributed by atoms with E-state index >= 15 is 0 Å². The molecular formula is C20H31Cl2N3O. The molecule has 2 aromatic rings. The van der Waals surface area contributed by atoms with Gasteiger partial charge in [-0.25, -0.2) is 0 Å². The lowest BCUT2D eigenvalue weighted by Gasteiger charge is -2.27. The summed E-state index contributed by atoms with van der Waals surface area (Å²) in [6, 6.07) is 10.6. The normalized spacial score (nSPS) is 15.7. The molecule has 3 rings (SSSR count). The SMILES string of the molecule is CC(CC(=O)NCCCn1ccc2ccccc21)C1CCNCC1.Cl.Cl. The molecule has 6 heteroatoms. The molecule has 0 aliphatic carbocycles.